The zero-order valence-electron chi connectivity index (χ0n) is 13.0. The van der Waals surface area contributed by atoms with Gasteiger partial charge < -0.3 is 10.2 Å². The second kappa shape index (κ2) is 6.02. The van der Waals surface area contributed by atoms with Crippen LogP contribution in [0.25, 0.3) is 0 Å². The zero-order chi connectivity index (χ0) is 18.2. The summed E-state index contributed by atoms with van der Waals surface area (Å²) in [5.41, 5.74) is 0.352. The molecule has 128 valence electrons. The van der Waals surface area contributed by atoms with Crippen LogP contribution in [0.4, 0.5) is 0 Å². The molecule has 25 heavy (non-hydrogen) atoms. The maximum Gasteiger partial charge on any atom is 0.339 e. The van der Waals surface area contributed by atoms with Crippen LogP contribution in [0.1, 0.15) is 21.5 Å². The number of hydrogen-bond acceptors (Lipinski definition) is 6. The number of carboxylic acid groups (broad SMARTS) is 1. The van der Waals surface area contributed by atoms with E-state index in [-0.39, 0.29) is 21.9 Å². The quantitative estimate of drug-likeness (QED) is 0.633. The lowest BCUT2D eigenvalue weighted by Gasteiger charge is -2.12. The molecule has 3 rings (SSSR count). The average molecular weight is 359 g/mol. The summed E-state index contributed by atoms with van der Waals surface area (Å²) < 4.78 is 27.8. The third kappa shape index (κ3) is 2.96. The molecule has 0 saturated heterocycles. The van der Waals surface area contributed by atoms with Crippen molar-refractivity contribution in [1.29, 1.82) is 0 Å². The first-order valence-electron chi connectivity index (χ1n) is 7.08. The van der Waals surface area contributed by atoms with Gasteiger partial charge in [-0.25, -0.2) is 9.80 Å². The van der Waals surface area contributed by atoms with Crippen molar-refractivity contribution in [3.63, 3.8) is 0 Å². The fourth-order valence-corrected chi connectivity index (χ4v) is 3.59. The maximum absolute atomic E-state index is 12.0. The molecule has 2 aromatic carbocycles. The van der Waals surface area contributed by atoms with Crippen molar-refractivity contribution in [2.75, 3.05) is 7.05 Å². The highest BCUT2D eigenvalue weighted by Crippen LogP contribution is 2.27. The monoisotopic (exact) mass is 359 g/mol. The molecule has 2 N–H and O–H groups in total. The number of aromatic hydroxyl groups is 1. The molecule has 0 saturated carbocycles. The summed E-state index contributed by atoms with van der Waals surface area (Å²) in [6.45, 7) is 0. The molecule has 0 atom stereocenters. The Morgan fingerprint density at radius 3 is 2.64 bits per heavy atom. The van der Waals surface area contributed by atoms with Gasteiger partial charge in [-0.15, -0.1) is 4.40 Å². The molecule has 1 aliphatic heterocycles. The summed E-state index contributed by atoms with van der Waals surface area (Å²) in [4.78, 5) is 11.1. The highest BCUT2D eigenvalue weighted by Gasteiger charge is 2.30. The van der Waals surface area contributed by atoms with E-state index < -0.39 is 21.7 Å². The van der Waals surface area contributed by atoms with E-state index in [0.29, 0.717) is 5.56 Å². The van der Waals surface area contributed by atoms with Crippen LogP contribution in [-0.2, 0) is 10.0 Å². The number of hydrogen-bond donors (Lipinski definition) is 2. The number of para-hydroxylation sites is 1. The van der Waals surface area contributed by atoms with Crippen LogP contribution in [-0.4, -0.2) is 48.7 Å². The molecule has 0 amide bonds. The molecular weight excluding hydrogens is 346 g/mol. The lowest BCUT2D eigenvalue weighted by atomic mass is 10.1. The molecule has 1 heterocycles. The van der Waals surface area contributed by atoms with Gasteiger partial charge in [-0.2, -0.15) is 13.5 Å². The smallest absolute Gasteiger partial charge is 0.339 e. The minimum absolute atomic E-state index is 0.0998. The molecule has 0 fully saturated rings. The summed E-state index contributed by atoms with van der Waals surface area (Å²) in [6, 6.07) is 10.6. The van der Waals surface area contributed by atoms with Crippen molar-refractivity contribution in [2.24, 2.45) is 9.50 Å². The standard InChI is InChI=1S/C16H13N3O5S/c1-19(15-11-6-2-3-8-13(11)25(23,24)18-15)17-9-10-5-4-7-12(14(10)20)16(21)22/h2-9,20H,1H3,(H,21,22)/b17-9+. The molecule has 0 bridgehead atoms. The van der Waals surface area contributed by atoms with Crippen molar-refractivity contribution < 1.29 is 23.4 Å². The number of amidine groups is 1. The molecule has 0 radical (unpaired) electrons. The number of sulfonamides is 1. The molecule has 0 aromatic heterocycles. The summed E-state index contributed by atoms with van der Waals surface area (Å²) >= 11 is 0. The van der Waals surface area contributed by atoms with Crippen molar-refractivity contribution in [2.45, 2.75) is 4.90 Å². The number of phenols is 1. The number of benzene rings is 2. The maximum atomic E-state index is 12.0. The number of carbonyl (C=O) groups is 1. The van der Waals surface area contributed by atoms with Gasteiger partial charge in [0.1, 0.15) is 16.2 Å². The Labute approximate surface area is 143 Å². The van der Waals surface area contributed by atoms with Gasteiger partial charge in [-0.1, -0.05) is 18.2 Å². The predicted octanol–water partition coefficient (Wildman–Crippen LogP) is 1.51. The first-order chi connectivity index (χ1) is 11.8. The van der Waals surface area contributed by atoms with Crippen LogP contribution in [0.5, 0.6) is 5.75 Å². The van der Waals surface area contributed by atoms with Crippen LogP contribution in [0.15, 0.2) is 56.9 Å². The topological polar surface area (TPSA) is 120 Å². The largest absolute Gasteiger partial charge is 0.506 e. The van der Waals surface area contributed by atoms with Crippen LogP contribution in [0.2, 0.25) is 0 Å². The number of carboxylic acids is 1. The molecule has 8 nitrogen and oxygen atoms in total. The van der Waals surface area contributed by atoms with E-state index in [1.807, 2.05) is 0 Å². The second-order valence-corrected chi connectivity index (χ2v) is 6.78. The Morgan fingerprint density at radius 1 is 1.20 bits per heavy atom. The van der Waals surface area contributed by atoms with Crippen LogP contribution >= 0.6 is 0 Å². The number of hydrazone groups is 1. The first kappa shape index (κ1) is 16.7. The van der Waals surface area contributed by atoms with E-state index in [2.05, 4.69) is 9.50 Å². The molecular formula is C16H13N3O5S. The van der Waals surface area contributed by atoms with Crippen molar-refractivity contribution in [1.82, 2.24) is 5.01 Å². The Hall–Kier alpha value is -3.20. The summed E-state index contributed by atoms with van der Waals surface area (Å²) in [5.74, 6) is -1.55. The normalized spacial score (nSPS) is 15.0. The Balaban J connectivity index is 1.94. The van der Waals surface area contributed by atoms with Gasteiger partial charge in [0.25, 0.3) is 10.0 Å². The minimum Gasteiger partial charge on any atom is -0.506 e. The first-order valence-corrected chi connectivity index (χ1v) is 8.52. The van der Waals surface area contributed by atoms with E-state index in [1.165, 1.54) is 42.5 Å². The van der Waals surface area contributed by atoms with E-state index in [4.69, 9.17) is 5.11 Å². The third-order valence-corrected chi connectivity index (χ3v) is 4.91. The Morgan fingerprint density at radius 2 is 1.92 bits per heavy atom. The zero-order valence-corrected chi connectivity index (χ0v) is 13.8. The SMILES string of the molecule is CN(/N=C/c1cccc(C(=O)O)c1O)C1=NS(=O)(=O)c2ccccc21. The number of rotatable bonds is 3. The fourth-order valence-electron chi connectivity index (χ4n) is 2.36. The Bertz CT molecular complexity index is 1030. The minimum atomic E-state index is -3.76. The summed E-state index contributed by atoms with van der Waals surface area (Å²) in [5, 5.41) is 24.3. The molecule has 1 aliphatic rings. The lowest BCUT2D eigenvalue weighted by molar-refractivity contribution is 0.0693. The van der Waals surface area contributed by atoms with Gasteiger partial charge in [0, 0.05) is 18.2 Å². The summed E-state index contributed by atoms with van der Waals surface area (Å²) in [6.07, 6.45) is 1.23. The average Bonchev–Trinajstić information content (AvgIpc) is 2.85. The highest BCUT2D eigenvalue weighted by molar-refractivity contribution is 7.90. The number of aromatic carboxylic acids is 1. The molecule has 9 heteroatoms. The van der Waals surface area contributed by atoms with Gasteiger partial charge in [-0.3, -0.25) is 0 Å². The van der Waals surface area contributed by atoms with E-state index in [0.717, 1.165) is 0 Å². The summed E-state index contributed by atoms with van der Waals surface area (Å²) in [7, 11) is -2.26. The highest BCUT2D eigenvalue weighted by atomic mass is 32.2. The number of nitrogens with zero attached hydrogens (tertiary/aromatic N) is 3. The van der Waals surface area contributed by atoms with Crippen molar-refractivity contribution in [3.05, 3.63) is 59.2 Å². The van der Waals surface area contributed by atoms with Crippen LogP contribution < -0.4 is 0 Å². The molecule has 0 spiro atoms. The van der Waals surface area contributed by atoms with E-state index in [9.17, 15) is 18.3 Å². The van der Waals surface area contributed by atoms with Crippen LogP contribution in [0, 0.1) is 0 Å². The lowest BCUT2D eigenvalue weighted by Crippen LogP contribution is -2.21. The van der Waals surface area contributed by atoms with Crippen molar-refractivity contribution in [3.8, 4) is 5.75 Å². The van der Waals surface area contributed by atoms with Crippen molar-refractivity contribution >= 4 is 28.0 Å². The number of fused-ring (bicyclic) bond motifs is 1. The molecule has 0 unspecified atom stereocenters. The Kier molecular flexibility index (Phi) is 4.01. The van der Waals surface area contributed by atoms with Gasteiger partial charge >= 0.3 is 5.97 Å². The molecule has 0 aliphatic carbocycles. The molecule has 2 aromatic rings. The van der Waals surface area contributed by atoms with E-state index >= 15 is 0 Å². The fraction of sp³-hybridized carbons (Fsp3) is 0.0625. The van der Waals surface area contributed by atoms with Gasteiger partial charge in [-0.05, 0) is 24.3 Å². The third-order valence-electron chi connectivity index (χ3n) is 3.59. The second-order valence-electron chi connectivity index (χ2n) is 5.20. The van der Waals surface area contributed by atoms with Crippen LogP contribution in [0.3, 0.4) is 0 Å². The predicted molar refractivity (Wildman–Crippen MR) is 90.6 cm³/mol. The van der Waals surface area contributed by atoms with Gasteiger partial charge in [0.05, 0.1) is 6.21 Å². The van der Waals surface area contributed by atoms with E-state index in [1.54, 1.807) is 18.2 Å². The van der Waals surface area contributed by atoms with Gasteiger partial charge in [0.2, 0.25) is 0 Å². The van der Waals surface area contributed by atoms with Gasteiger partial charge in [0.15, 0.2) is 5.84 Å².